The number of hydrogen-bond donors (Lipinski definition) is 0. The minimum atomic E-state index is -0.525. The summed E-state index contributed by atoms with van der Waals surface area (Å²) in [6.07, 6.45) is 4.58. The van der Waals surface area contributed by atoms with E-state index in [4.69, 9.17) is 19.1 Å². The fourth-order valence-electron chi connectivity index (χ4n) is 4.68. The van der Waals surface area contributed by atoms with Crippen LogP contribution in [0, 0.1) is 12.8 Å². The van der Waals surface area contributed by atoms with Crippen LogP contribution in [0.3, 0.4) is 0 Å². The Labute approximate surface area is 200 Å². The van der Waals surface area contributed by atoms with Gasteiger partial charge in [0.2, 0.25) is 0 Å². The van der Waals surface area contributed by atoms with Crippen molar-refractivity contribution >= 4 is 47.6 Å². The average molecular weight is 552 g/mol. The van der Waals surface area contributed by atoms with E-state index in [0.29, 0.717) is 5.66 Å². The van der Waals surface area contributed by atoms with Gasteiger partial charge in [-0.25, -0.2) is 0 Å². The van der Waals surface area contributed by atoms with Gasteiger partial charge in [0.25, 0.3) is 0 Å². The summed E-state index contributed by atoms with van der Waals surface area (Å²) in [5.41, 5.74) is 5.94. The fourth-order valence-corrected chi connectivity index (χ4v) is 7.92. The van der Waals surface area contributed by atoms with Crippen molar-refractivity contribution in [2.75, 3.05) is 0 Å². The molecule has 31 heavy (non-hydrogen) atoms. The predicted octanol–water partition coefficient (Wildman–Crippen LogP) is 9.11. The molecular formula is C27H19Cl2PPd. The summed E-state index contributed by atoms with van der Waals surface area (Å²) in [6, 6.07) is 35.9. The molecular weight excluding hydrogens is 533 g/mol. The summed E-state index contributed by atoms with van der Waals surface area (Å²) in [4.78, 5) is 0. The Morgan fingerprint density at radius 2 is 0.935 bits per heavy atom. The first-order valence-electron chi connectivity index (χ1n) is 9.99. The van der Waals surface area contributed by atoms with E-state index < -0.39 is 7.53 Å². The van der Waals surface area contributed by atoms with Gasteiger partial charge in [-0.15, -0.1) is 0 Å². The van der Waals surface area contributed by atoms with Gasteiger partial charge < -0.3 is 0 Å². The van der Waals surface area contributed by atoms with E-state index in [-0.39, 0.29) is 15.9 Å². The van der Waals surface area contributed by atoms with Crippen LogP contribution in [0.4, 0.5) is 0 Å². The van der Waals surface area contributed by atoms with Gasteiger partial charge in [-0.1, -0.05) is 105 Å². The van der Waals surface area contributed by atoms with Gasteiger partial charge in [0, 0.05) is 15.9 Å². The van der Waals surface area contributed by atoms with E-state index in [0.717, 1.165) is 0 Å². The number of fused-ring (bicyclic) bond motifs is 5. The zero-order chi connectivity index (χ0) is 21.2. The Bertz CT molecular complexity index is 1260. The molecule has 0 spiro atoms. The van der Waals surface area contributed by atoms with Crippen LogP contribution in [0.1, 0.15) is 27.9 Å². The van der Waals surface area contributed by atoms with Gasteiger partial charge in [-0.2, -0.15) is 0 Å². The minimum absolute atomic E-state index is 0.106. The van der Waals surface area contributed by atoms with Crippen LogP contribution in [0.15, 0.2) is 97.1 Å². The molecule has 0 fully saturated rings. The van der Waals surface area contributed by atoms with Crippen molar-refractivity contribution in [2.24, 2.45) is 0 Å². The molecule has 0 saturated carbocycles. The van der Waals surface area contributed by atoms with Crippen LogP contribution in [0.25, 0.3) is 21.0 Å². The van der Waals surface area contributed by atoms with Crippen LogP contribution < -0.4 is 0 Å². The summed E-state index contributed by atoms with van der Waals surface area (Å²) >= 11 is -0.106. The summed E-state index contributed by atoms with van der Waals surface area (Å²) in [5, 5.41) is 5.85. The van der Waals surface area contributed by atoms with Crippen molar-refractivity contribution in [3.63, 3.8) is 0 Å². The molecule has 2 radical (unpaired) electrons. The SMILES string of the molecule is [CH]1[CH]c2ccccc2C(p2c3ccccc3c3ccccc32)c2ccccc21.[Cl][Pd][Cl]. The molecule has 156 valence electrons. The third-order valence-corrected chi connectivity index (χ3v) is 8.79. The number of benzene rings is 4. The van der Waals surface area contributed by atoms with Crippen LogP contribution in [-0.2, 0) is 15.9 Å². The molecule has 4 heteroatoms. The van der Waals surface area contributed by atoms with Crippen LogP contribution >= 0.6 is 26.6 Å². The second kappa shape index (κ2) is 9.50. The van der Waals surface area contributed by atoms with Gasteiger partial charge >= 0.3 is 35.0 Å². The molecule has 0 N–H and O–H groups in total. The molecule has 4 aromatic carbocycles. The van der Waals surface area contributed by atoms with Crippen molar-refractivity contribution in [3.8, 4) is 0 Å². The summed E-state index contributed by atoms with van der Waals surface area (Å²) in [7, 11) is 9.10. The van der Waals surface area contributed by atoms with E-state index in [1.165, 1.54) is 43.3 Å². The fraction of sp³-hybridized carbons (Fsp3) is 0.0370. The number of halogens is 2. The normalized spacial score (nSPS) is 13.4. The Morgan fingerprint density at radius 1 is 0.548 bits per heavy atom. The topological polar surface area (TPSA) is 0 Å². The first-order valence-corrected chi connectivity index (χ1v) is 15.4. The van der Waals surface area contributed by atoms with E-state index in [9.17, 15) is 0 Å². The zero-order valence-electron chi connectivity index (χ0n) is 16.5. The first-order chi connectivity index (χ1) is 15.3. The van der Waals surface area contributed by atoms with Crippen LogP contribution in [-0.4, -0.2) is 0 Å². The molecule has 1 aromatic heterocycles. The number of rotatable bonds is 1. The molecule has 1 heterocycles. The summed E-state index contributed by atoms with van der Waals surface area (Å²) < 4.78 is 0. The predicted molar refractivity (Wildman–Crippen MR) is 133 cm³/mol. The molecule has 5 aromatic rings. The Hall–Kier alpha value is -1.58. The molecule has 0 aliphatic heterocycles. The third-order valence-electron chi connectivity index (χ3n) is 5.90. The monoisotopic (exact) mass is 550 g/mol. The van der Waals surface area contributed by atoms with Gasteiger partial charge in [0.05, 0.1) is 0 Å². The van der Waals surface area contributed by atoms with Gasteiger partial charge in [-0.3, -0.25) is 0 Å². The molecule has 1 aliphatic rings. The Morgan fingerprint density at radius 3 is 1.42 bits per heavy atom. The molecule has 0 unspecified atom stereocenters. The van der Waals surface area contributed by atoms with E-state index >= 15 is 0 Å². The van der Waals surface area contributed by atoms with E-state index in [1.807, 2.05) is 0 Å². The van der Waals surface area contributed by atoms with Crippen molar-refractivity contribution in [1.29, 1.82) is 0 Å². The molecule has 0 amide bonds. The molecule has 0 saturated heterocycles. The van der Waals surface area contributed by atoms with Crippen molar-refractivity contribution in [2.45, 2.75) is 5.66 Å². The third kappa shape index (κ3) is 3.89. The molecule has 6 rings (SSSR count). The molecule has 0 bridgehead atoms. The summed E-state index contributed by atoms with van der Waals surface area (Å²) in [6.45, 7) is 0. The van der Waals surface area contributed by atoms with E-state index in [1.54, 1.807) is 0 Å². The Balaban J connectivity index is 0.000000646. The second-order valence-corrected chi connectivity index (χ2v) is 12.0. The van der Waals surface area contributed by atoms with Crippen molar-refractivity contribution < 1.29 is 15.9 Å². The molecule has 0 nitrogen and oxygen atoms in total. The van der Waals surface area contributed by atoms with Crippen molar-refractivity contribution in [1.82, 2.24) is 0 Å². The number of hydrogen-bond acceptors (Lipinski definition) is 0. The quantitative estimate of drug-likeness (QED) is 0.182. The average Bonchev–Trinajstić information content (AvgIpc) is 3.05. The Kier molecular flexibility index (Phi) is 6.52. The molecule has 1 aliphatic carbocycles. The maximum atomic E-state index is 4.81. The van der Waals surface area contributed by atoms with Gasteiger partial charge in [0.1, 0.15) is 0 Å². The van der Waals surface area contributed by atoms with Crippen LogP contribution in [0.2, 0.25) is 0 Å². The molecule has 0 atom stereocenters. The maximum absolute atomic E-state index is 4.81. The summed E-state index contributed by atoms with van der Waals surface area (Å²) in [5.74, 6) is 0. The van der Waals surface area contributed by atoms with E-state index in [2.05, 4.69) is 110 Å². The van der Waals surface area contributed by atoms with Gasteiger partial charge in [-0.05, 0) is 45.9 Å². The second-order valence-electron chi connectivity index (χ2n) is 7.44. The van der Waals surface area contributed by atoms with Crippen molar-refractivity contribution in [3.05, 3.63) is 132 Å². The first kappa shape index (κ1) is 21.3. The van der Waals surface area contributed by atoms with Crippen LogP contribution in [0.5, 0.6) is 0 Å². The standard InChI is InChI=1S/C27H19P.2ClH.Pd/c1-3-11-21-19(9-1)17-18-20-10-2-4-12-22(20)27(21)28-25-15-7-5-13-23(25)24-14-6-8-16-26(24)28;;;/h1-18,27H;2*1H;/q;;;+2/p-2. The van der Waals surface area contributed by atoms with Gasteiger partial charge in [0.15, 0.2) is 0 Å². The zero-order valence-corrected chi connectivity index (χ0v) is 20.4.